The molecule has 1 saturated heterocycles. The minimum Gasteiger partial charge on any atom is -0.379 e. The van der Waals surface area contributed by atoms with Gasteiger partial charge >= 0.3 is 0 Å². The highest BCUT2D eigenvalue weighted by Crippen LogP contribution is 2.38. The summed E-state index contributed by atoms with van der Waals surface area (Å²) in [5.41, 5.74) is 5.52. The summed E-state index contributed by atoms with van der Waals surface area (Å²) in [6.07, 6.45) is 8.85. The molecule has 0 spiro atoms. The van der Waals surface area contributed by atoms with Gasteiger partial charge in [0.25, 0.3) is 0 Å². The highest BCUT2D eigenvalue weighted by molar-refractivity contribution is 5.81. The van der Waals surface area contributed by atoms with E-state index < -0.39 is 0 Å². The molecule has 0 bridgehead atoms. The maximum absolute atomic E-state index is 12.8. The van der Waals surface area contributed by atoms with Gasteiger partial charge in [-0.1, -0.05) is 25.7 Å². The van der Waals surface area contributed by atoms with Crippen LogP contribution < -0.4 is 11.1 Å². The zero-order valence-electron chi connectivity index (χ0n) is 14.6. The predicted molar refractivity (Wildman–Crippen MR) is 91.3 cm³/mol. The molecular weight excluding hydrogens is 306 g/mol. The van der Waals surface area contributed by atoms with E-state index in [4.69, 9.17) is 10.5 Å². The number of nitrogens with one attached hydrogen (secondary N) is 1. The van der Waals surface area contributed by atoms with Gasteiger partial charge in [0, 0.05) is 31.1 Å². The van der Waals surface area contributed by atoms with E-state index in [1.165, 1.54) is 12.8 Å². The molecule has 3 fully saturated rings. The average molecular weight is 337 g/mol. The fourth-order valence-corrected chi connectivity index (χ4v) is 4.88. The first-order valence-corrected chi connectivity index (χ1v) is 9.52. The van der Waals surface area contributed by atoms with Crippen molar-refractivity contribution >= 4 is 11.8 Å². The van der Waals surface area contributed by atoms with E-state index in [1.807, 2.05) is 0 Å². The number of amides is 2. The van der Waals surface area contributed by atoms with Crippen molar-refractivity contribution in [2.45, 2.75) is 69.4 Å². The Balaban J connectivity index is 1.62. The van der Waals surface area contributed by atoms with E-state index in [1.54, 1.807) is 0 Å². The van der Waals surface area contributed by atoms with Crippen molar-refractivity contribution in [3.05, 3.63) is 0 Å². The zero-order valence-corrected chi connectivity index (χ0v) is 14.6. The van der Waals surface area contributed by atoms with E-state index >= 15 is 0 Å². The van der Waals surface area contributed by atoms with Gasteiger partial charge in [-0.2, -0.15) is 0 Å². The average Bonchev–Trinajstić information content (AvgIpc) is 3.05. The minimum absolute atomic E-state index is 0.00918. The summed E-state index contributed by atoms with van der Waals surface area (Å²) in [6.45, 7) is 3.35. The molecule has 0 radical (unpaired) electrons. The Labute approximate surface area is 144 Å². The lowest BCUT2D eigenvalue weighted by Crippen LogP contribution is -2.55. The van der Waals surface area contributed by atoms with Gasteiger partial charge in [0.1, 0.15) is 0 Å². The zero-order chi connectivity index (χ0) is 17.0. The molecule has 0 aromatic carbocycles. The number of nitrogens with two attached hydrogens (primary N) is 1. The second kappa shape index (κ2) is 7.83. The van der Waals surface area contributed by atoms with Gasteiger partial charge in [0.05, 0.1) is 19.1 Å². The summed E-state index contributed by atoms with van der Waals surface area (Å²) in [5.74, 6) is -0.393. The van der Waals surface area contributed by atoms with Gasteiger partial charge in [-0.05, 0) is 25.7 Å². The number of hydrogen-bond acceptors (Lipinski definition) is 4. The molecule has 136 valence electrons. The van der Waals surface area contributed by atoms with Gasteiger partial charge in [0.2, 0.25) is 11.8 Å². The van der Waals surface area contributed by atoms with Crippen molar-refractivity contribution in [2.24, 2.45) is 11.7 Å². The molecule has 2 saturated carbocycles. The molecule has 1 heterocycles. The maximum Gasteiger partial charge on any atom is 0.222 e. The van der Waals surface area contributed by atoms with Crippen molar-refractivity contribution in [3.63, 3.8) is 0 Å². The second-order valence-corrected chi connectivity index (χ2v) is 7.67. The topological polar surface area (TPSA) is 84.7 Å². The molecule has 0 unspecified atom stereocenters. The van der Waals surface area contributed by atoms with Crippen LogP contribution in [0.15, 0.2) is 0 Å². The first kappa shape index (κ1) is 17.7. The predicted octanol–water partition coefficient (Wildman–Crippen LogP) is 1.18. The molecule has 6 nitrogen and oxygen atoms in total. The van der Waals surface area contributed by atoms with E-state index in [0.717, 1.165) is 64.8 Å². The number of rotatable bonds is 5. The molecule has 2 aliphatic carbocycles. The van der Waals surface area contributed by atoms with Crippen LogP contribution in [0.5, 0.6) is 0 Å². The molecule has 3 aliphatic rings. The van der Waals surface area contributed by atoms with E-state index in [9.17, 15) is 9.59 Å². The SMILES string of the molecule is NC(=O)[C@H]1CCCC[C@@H]1NC(=O)CC1(N2CCOCC2)CCCC1. The fourth-order valence-electron chi connectivity index (χ4n) is 4.88. The Morgan fingerprint density at radius 2 is 1.75 bits per heavy atom. The first-order valence-electron chi connectivity index (χ1n) is 9.52. The number of carbonyl (C=O) groups excluding carboxylic acids is 2. The minimum atomic E-state index is -0.274. The molecule has 0 aromatic heterocycles. The lowest BCUT2D eigenvalue weighted by molar-refractivity contribution is -0.128. The summed E-state index contributed by atoms with van der Waals surface area (Å²) >= 11 is 0. The van der Waals surface area contributed by atoms with Crippen LogP contribution in [0.1, 0.15) is 57.8 Å². The Hall–Kier alpha value is -1.14. The van der Waals surface area contributed by atoms with E-state index in [0.29, 0.717) is 6.42 Å². The van der Waals surface area contributed by atoms with Crippen LogP contribution in [0.4, 0.5) is 0 Å². The molecule has 3 rings (SSSR count). The van der Waals surface area contributed by atoms with Gasteiger partial charge in [-0.25, -0.2) is 0 Å². The summed E-state index contributed by atoms with van der Waals surface area (Å²) in [7, 11) is 0. The lowest BCUT2D eigenvalue weighted by atomic mass is 9.83. The van der Waals surface area contributed by atoms with Crippen molar-refractivity contribution < 1.29 is 14.3 Å². The van der Waals surface area contributed by atoms with Crippen LogP contribution in [0, 0.1) is 5.92 Å². The van der Waals surface area contributed by atoms with Crippen LogP contribution in [0.2, 0.25) is 0 Å². The standard InChI is InChI=1S/C18H31N3O3/c19-17(23)14-5-1-2-6-15(14)20-16(22)13-18(7-3-4-8-18)21-9-11-24-12-10-21/h14-15H,1-13H2,(H2,19,23)(H,20,22)/t14-,15-/m0/s1. The Bertz CT molecular complexity index is 456. The van der Waals surface area contributed by atoms with Gasteiger partial charge < -0.3 is 15.8 Å². The molecule has 0 aromatic rings. The summed E-state index contributed by atoms with van der Waals surface area (Å²) in [6, 6.07) is -0.0770. The Morgan fingerprint density at radius 1 is 1.08 bits per heavy atom. The summed E-state index contributed by atoms with van der Waals surface area (Å²) < 4.78 is 5.48. The molecule has 3 N–H and O–H groups in total. The second-order valence-electron chi connectivity index (χ2n) is 7.67. The van der Waals surface area contributed by atoms with Crippen LogP contribution >= 0.6 is 0 Å². The van der Waals surface area contributed by atoms with Crippen LogP contribution in [0.3, 0.4) is 0 Å². The summed E-state index contributed by atoms with van der Waals surface area (Å²) in [4.78, 5) is 26.9. The third kappa shape index (κ3) is 3.91. The van der Waals surface area contributed by atoms with Crippen LogP contribution in [0.25, 0.3) is 0 Å². The fraction of sp³-hybridized carbons (Fsp3) is 0.889. The smallest absolute Gasteiger partial charge is 0.222 e. The van der Waals surface area contributed by atoms with E-state index in [2.05, 4.69) is 10.2 Å². The molecule has 24 heavy (non-hydrogen) atoms. The maximum atomic E-state index is 12.8. The molecule has 1 aliphatic heterocycles. The third-order valence-corrected chi connectivity index (χ3v) is 6.18. The quantitative estimate of drug-likeness (QED) is 0.789. The van der Waals surface area contributed by atoms with Gasteiger partial charge in [0.15, 0.2) is 0 Å². The lowest BCUT2D eigenvalue weighted by Gasteiger charge is -2.43. The third-order valence-electron chi connectivity index (χ3n) is 6.18. The van der Waals surface area contributed by atoms with Gasteiger partial charge in [-0.15, -0.1) is 0 Å². The van der Waals surface area contributed by atoms with Gasteiger partial charge in [-0.3, -0.25) is 14.5 Å². The monoisotopic (exact) mass is 337 g/mol. The number of primary amides is 1. The molecule has 2 amide bonds. The Kier molecular flexibility index (Phi) is 5.76. The molecule has 2 atom stereocenters. The number of hydrogen-bond donors (Lipinski definition) is 2. The summed E-state index contributed by atoms with van der Waals surface area (Å²) in [5, 5.41) is 3.14. The number of ether oxygens (including phenoxy) is 1. The normalized spacial score (nSPS) is 30.8. The van der Waals surface area contributed by atoms with Crippen molar-refractivity contribution in [2.75, 3.05) is 26.3 Å². The number of nitrogens with zero attached hydrogens (tertiary/aromatic N) is 1. The van der Waals surface area contributed by atoms with Crippen LogP contribution in [-0.2, 0) is 14.3 Å². The first-order chi connectivity index (χ1) is 11.6. The van der Waals surface area contributed by atoms with E-state index in [-0.39, 0.29) is 29.3 Å². The highest BCUT2D eigenvalue weighted by Gasteiger charge is 2.42. The van der Waals surface area contributed by atoms with Crippen molar-refractivity contribution in [1.29, 1.82) is 0 Å². The highest BCUT2D eigenvalue weighted by atomic mass is 16.5. The number of carbonyl (C=O) groups is 2. The van der Waals surface area contributed by atoms with Crippen molar-refractivity contribution in [1.82, 2.24) is 10.2 Å². The number of morpholine rings is 1. The molecular formula is C18H31N3O3. The largest absolute Gasteiger partial charge is 0.379 e. The van der Waals surface area contributed by atoms with Crippen LogP contribution in [-0.4, -0.2) is 54.6 Å². The Morgan fingerprint density at radius 3 is 2.42 bits per heavy atom. The van der Waals surface area contributed by atoms with Crippen molar-refractivity contribution in [3.8, 4) is 0 Å². The molecule has 6 heteroatoms.